The Morgan fingerprint density at radius 3 is 2.89 bits per heavy atom. The molecular weight excluding hydrogens is 277 g/mol. The van der Waals surface area contributed by atoms with Gasteiger partial charge in [0.15, 0.2) is 0 Å². The molecule has 1 aromatic heterocycles. The molecule has 0 unspecified atom stereocenters. The third kappa shape index (κ3) is 2.07. The van der Waals surface area contributed by atoms with Crippen molar-refractivity contribution in [2.45, 2.75) is 19.8 Å². The number of aromatic nitrogens is 1. The molecule has 0 saturated heterocycles. The first-order chi connectivity index (χ1) is 9.20. The van der Waals surface area contributed by atoms with Crippen molar-refractivity contribution in [3.05, 3.63) is 51.0 Å². The number of benzene rings is 1. The van der Waals surface area contributed by atoms with Crippen molar-refractivity contribution in [3.63, 3.8) is 0 Å². The third-order valence-corrected chi connectivity index (χ3v) is 4.26. The van der Waals surface area contributed by atoms with Crippen LogP contribution in [0.25, 0.3) is 22.6 Å². The van der Waals surface area contributed by atoms with Gasteiger partial charge < -0.3 is 0 Å². The Hall–Kier alpha value is -1.31. The molecular formula is C16H13Cl2N. The first kappa shape index (κ1) is 12.7. The molecule has 1 aromatic carbocycles. The molecule has 1 aliphatic carbocycles. The molecule has 1 aliphatic rings. The van der Waals surface area contributed by atoms with Gasteiger partial charge in [-0.25, -0.2) is 0 Å². The average Bonchev–Trinajstić information content (AvgIpc) is 2.41. The van der Waals surface area contributed by atoms with Gasteiger partial charge in [0.2, 0.25) is 0 Å². The highest BCUT2D eigenvalue weighted by Gasteiger charge is 2.11. The maximum Gasteiger partial charge on any atom is 0.0909 e. The molecule has 96 valence electrons. The summed E-state index contributed by atoms with van der Waals surface area (Å²) in [5.74, 6) is 0. The van der Waals surface area contributed by atoms with Crippen LogP contribution in [0.4, 0.5) is 0 Å². The van der Waals surface area contributed by atoms with Gasteiger partial charge in [0.05, 0.1) is 15.6 Å². The van der Waals surface area contributed by atoms with Crippen molar-refractivity contribution in [2.75, 3.05) is 0 Å². The van der Waals surface area contributed by atoms with Crippen LogP contribution in [0.2, 0.25) is 10.0 Å². The number of hydrogen-bond acceptors (Lipinski definition) is 1. The molecule has 0 atom stereocenters. The molecule has 3 rings (SSSR count). The van der Waals surface area contributed by atoms with Crippen molar-refractivity contribution in [1.29, 1.82) is 0 Å². The van der Waals surface area contributed by atoms with Gasteiger partial charge in [0, 0.05) is 22.0 Å². The van der Waals surface area contributed by atoms with E-state index in [1.54, 1.807) is 6.20 Å². The molecule has 0 aliphatic heterocycles. The summed E-state index contributed by atoms with van der Waals surface area (Å²) in [6.07, 6.45) is 9.99. The van der Waals surface area contributed by atoms with Gasteiger partial charge in [-0.1, -0.05) is 47.0 Å². The molecule has 0 saturated carbocycles. The van der Waals surface area contributed by atoms with E-state index in [4.69, 9.17) is 23.2 Å². The Balaban J connectivity index is 2.65. The zero-order valence-electron chi connectivity index (χ0n) is 10.6. The Bertz CT molecular complexity index is 804. The number of nitrogens with zero attached hydrogens (tertiary/aromatic N) is 1. The minimum Gasteiger partial charge on any atom is -0.255 e. The third-order valence-electron chi connectivity index (χ3n) is 3.49. The first-order valence-electron chi connectivity index (χ1n) is 6.28. The lowest BCUT2D eigenvalue weighted by molar-refractivity contribution is 1.05. The predicted octanol–water partition coefficient (Wildman–Crippen LogP) is 3.84. The van der Waals surface area contributed by atoms with Gasteiger partial charge in [0.25, 0.3) is 0 Å². The van der Waals surface area contributed by atoms with Gasteiger partial charge in [-0.3, -0.25) is 4.98 Å². The van der Waals surface area contributed by atoms with Crippen molar-refractivity contribution >= 4 is 45.8 Å². The molecule has 0 spiro atoms. The summed E-state index contributed by atoms with van der Waals surface area (Å²) < 4.78 is 0. The fourth-order valence-corrected chi connectivity index (χ4v) is 3.23. The lowest BCUT2D eigenvalue weighted by Gasteiger charge is -2.09. The zero-order chi connectivity index (χ0) is 13.4. The molecule has 3 heteroatoms. The number of allylic oxidation sites excluding steroid dienone is 2. The van der Waals surface area contributed by atoms with Gasteiger partial charge in [0.1, 0.15) is 0 Å². The Labute approximate surface area is 121 Å². The largest absolute Gasteiger partial charge is 0.255 e. The Morgan fingerprint density at radius 2 is 2.05 bits per heavy atom. The van der Waals surface area contributed by atoms with E-state index in [1.807, 2.05) is 24.3 Å². The van der Waals surface area contributed by atoms with Crippen LogP contribution in [0.3, 0.4) is 0 Å². The zero-order valence-corrected chi connectivity index (χ0v) is 12.1. The standard InChI is InChI=1S/C16H13Cl2N/c1-10-6-3-2-4-7-11-13(10)14(17)12-8-5-9-19-16(12)15(11)18/h2,4-5,7-9H,3,6H2,1H3/b4-2-,11-7+,13-10?. The van der Waals surface area contributed by atoms with Crippen LogP contribution >= 0.6 is 23.2 Å². The van der Waals surface area contributed by atoms with Crippen LogP contribution in [-0.2, 0) is 0 Å². The topological polar surface area (TPSA) is 12.9 Å². The molecule has 1 heterocycles. The lowest BCUT2D eigenvalue weighted by atomic mass is 10.0. The summed E-state index contributed by atoms with van der Waals surface area (Å²) in [5, 5.41) is 4.40. The summed E-state index contributed by atoms with van der Waals surface area (Å²) >= 11 is 13.1. The molecule has 19 heavy (non-hydrogen) atoms. The maximum atomic E-state index is 6.59. The number of halogens is 2. The molecule has 0 amide bonds. The highest BCUT2D eigenvalue weighted by Crippen LogP contribution is 2.23. The van der Waals surface area contributed by atoms with Gasteiger partial charge in [-0.2, -0.15) is 0 Å². The van der Waals surface area contributed by atoms with Crippen LogP contribution in [0.15, 0.2) is 30.5 Å². The number of pyridine rings is 1. The summed E-state index contributed by atoms with van der Waals surface area (Å²) in [4.78, 5) is 4.36. The second-order valence-corrected chi connectivity index (χ2v) is 5.49. The van der Waals surface area contributed by atoms with Crippen LogP contribution in [0.5, 0.6) is 0 Å². The van der Waals surface area contributed by atoms with Crippen molar-refractivity contribution in [2.24, 2.45) is 0 Å². The molecule has 2 aromatic rings. The molecule has 0 bridgehead atoms. The van der Waals surface area contributed by atoms with Gasteiger partial charge >= 0.3 is 0 Å². The van der Waals surface area contributed by atoms with Crippen LogP contribution in [0.1, 0.15) is 19.8 Å². The lowest BCUT2D eigenvalue weighted by Crippen LogP contribution is -2.30. The monoisotopic (exact) mass is 289 g/mol. The van der Waals surface area contributed by atoms with E-state index in [1.165, 1.54) is 5.57 Å². The average molecular weight is 290 g/mol. The number of hydrogen-bond donors (Lipinski definition) is 0. The van der Waals surface area contributed by atoms with E-state index >= 15 is 0 Å². The normalized spacial score (nSPS) is 18.3. The SMILES string of the molecule is CC1=c2c(Cl)c3cccnc3c(Cl)/c2=C/C=C\CC1. The molecule has 0 N–H and O–H groups in total. The number of rotatable bonds is 0. The quantitative estimate of drug-likeness (QED) is 0.718. The molecule has 0 fully saturated rings. The van der Waals surface area contributed by atoms with Crippen molar-refractivity contribution in [1.82, 2.24) is 4.98 Å². The minimum atomic E-state index is 0.681. The van der Waals surface area contributed by atoms with Gasteiger partial charge in [-0.15, -0.1) is 0 Å². The van der Waals surface area contributed by atoms with Crippen molar-refractivity contribution in [3.8, 4) is 0 Å². The highest BCUT2D eigenvalue weighted by atomic mass is 35.5. The van der Waals surface area contributed by atoms with E-state index in [0.29, 0.717) is 5.02 Å². The predicted molar refractivity (Wildman–Crippen MR) is 82.9 cm³/mol. The summed E-state index contributed by atoms with van der Waals surface area (Å²) in [6, 6.07) is 3.86. The molecule has 0 radical (unpaired) electrons. The fourth-order valence-electron chi connectivity index (χ4n) is 2.51. The van der Waals surface area contributed by atoms with E-state index in [2.05, 4.69) is 18.0 Å². The van der Waals surface area contributed by atoms with Crippen molar-refractivity contribution < 1.29 is 0 Å². The van der Waals surface area contributed by atoms with E-state index < -0.39 is 0 Å². The fraction of sp³-hybridized carbons (Fsp3) is 0.188. The van der Waals surface area contributed by atoms with E-state index in [9.17, 15) is 0 Å². The number of fused-ring (bicyclic) bond motifs is 2. The van der Waals surface area contributed by atoms with Crippen LogP contribution in [0, 0.1) is 0 Å². The van der Waals surface area contributed by atoms with E-state index in [0.717, 1.165) is 39.2 Å². The van der Waals surface area contributed by atoms with E-state index in [-0.39, 0.29) is 0 Å². The summed E-state index contributed by atoms with van der Waals surface area (Å²) in [7, 11) is 0. The smallest absolute Gasteiger partial charge is 0.0909 e. The van der Waals surface area contributed by atoms with Crippen LogP contribution in [-0.4, -0.2) is 4.98 Å². The highest BCUT2D eigenvalue weighted by molar-refractivity contribution is 6.40. The van der Waals surface area contributed by atoms with Crippen LogP contribution < -0.4 is 10.4 Å². The Kier molecular flexibility index (Phi) is 3.34. The summed E-state index contributed by atoms with van der Waals surface area (Å²) in [6.45, 7) is 2.12. The maximum absolute atomic E-state index is 6.59. The minimum absolute atomic E-state index is 0.681. The summed E-state index contributed by atoms with van der Waals surface area (Å²) in [5.41, 5.74) is 2.04. The Morgan fingerprint density at radius 1 is 1.21 bits per heavy atom. The molecule has 1 nitrogen and oxygen atoms in total. The second kappa shape index (κ2) is 4.99. The first-order valence-corrected chi connectivity index (χ1v) is 7.04. The van der Waals surface area contributed by atoms with Gasteiger partial charge in [-0.05, 0) is 31.9 Å². The second-order valence-electron chi connectivity index (χ2n) is 4.73.